The van der Waals surface area contributed by atoms with Crippen molar-refractivity contribution in [2.24, 2.45) is 0 Å². The summed E-state index contributed by atoms with van der Waals surface area (Å²) in [7, 11) is 2.16. The molecular weight excluding hydrogens is 504 g/mol. The van der Waals surface area contributed by atoms with E-state index >= 15 is 0 Å². The number of rotatable bonds is 7. The summed E-state index contributed by atoms with van der Waals surface area (Å²) in [5.41, 5.74) is 5.81. The minimum Gasteiger partial charge on any atom is -0.462 e. The Labute approximate surface area is 236 Å². The summed E-state index contributed by atoms with van der Waals surface area (Å²) in [5, 5.41) is 8.63. The Morgan fingerprint density at radius 2 is 1.98 bits per heavy atom. The molecule has 1 atom stereocenters. The van der Waals surface area contributed by atoms with Gasteiger partial charge in [0.1, 0.15) is 12.4 Å². The zero-order valence-corrected chi connectivity index (χ0v) is 23.9. The number of H-pyrrole nitrogens is 1. The molecule has 3 aliphatic rings. The van der Waals surface area contributed by atoms with E-state index in [0.717, 1.165) is 61.4 Å². The second kappa shape index (κ2) is 11.1. The van der Waals surface area contributed by atoms with Crippen molar-refractivity contribution in [1.82, 2.24) is 30.0 Å². The van der Waals surface area contributed by atoms with E-state index in [2.05, 4.69) is 64.5 Å². The fourth-order valence-electron chi connectivity index (χ4n) is 6.37. The van der Waals surface area contributed by atoms with Crippen molar-refractivity contribution >= 4 is 28.3 Å². The number of carbonyl (C=O) groups is 1. The third-order valence-electron chi connectivity index (χ3n) is 8.73. The largest absolute Gasteiger partial charge is 0.462 e. The van der Waals surface area contributed by atoms with Crippen LogP contribution in [0, 0.1) is 0 Å². The first-order chi connectivity index (χ1) is 19.4. The van der Waals surface area contributed by atoms with Crippen LogP contribution in [0.25, 0.3) is 10.9 Å². The summed E-state index contributed by atoms with van der Waals surface area (Å²) >= 11 is 0. The number of amides is 1. The molecule has 212 valence electrons. The molecule has 0 radical (unpaired) electrons. The number of aromatic amines is 1. The number of carbonyl (C=O) groups excluding carboxylic acids is 1. The first-order valence-electron chi connectivity index (χ1n) is 14.5. The number of piperazine rings is 1. The number of nitrogens with one attached hydrogen (secondary N) is 1. The van der Waals surface area contributed by atoms with E-state index in [1.54, 1.807) is 0 Å². The van der Waals surface area contributed by atoms with Crippen molar-refractivity contribution in [3.05, 3.63) is 47.8 Å². The predicted octanol–water partition coefficient (Wildman–Crippen LogP) is 3.35. The van der Waals surface area contributed by atoms with Gasteiger partial charge in [-0.05, 0) is 56.5 Å². The molecule has 0 bridgehead atoms. The normalized spacial score (nSPS) is 19.9. The van der Waals surface area contributed by atoms with Gasteiger partial charge in [0, 0.05) is 49.7 Å². The van der Waals surface area contributed by atoms with Crippen LogP contribution in [-0.2, 0) is 17.8 Å². The quantitative estimate of drug-likeness (QED) is 0.453. The molecule has 10 nitrogen and oxygen atoms in total. The predicted molar refractivity (Wildman–Crippen MR) is 157 cm³/mol. The number of likely N-dealkylation sites (tertiary alicyclic amines) is 1. The Bertz CT molecular complexity index is 1390. The molecule has 1 N–H and O–H groups in total. The van der Waals surface area contributed by atoms with Gasteiger partial charge in [-0.3, -0.25) is 9.89 Å². The van der Waals surface area contributed by atoms with Gasteiger partial charge >= 0.3 is 6.01 Å². The number of benzene rings is 1. The van der Waals surface area contributed by atoms with Crippen molar-refractivity contribution in [2.75, 3.05) is 62.7 Å². The molecule has 1 amide bonds. The van der Waals surface area contributed by atoms with Gasteiger partial charge in [0.15, 0.2) is 0 Å². The first-order valence-corrected chi connectivity index (χ1v) is 14.5. The number of hydrogen-bond acceptors (Lipinski definition) is 8. The van der Waals surface area contributed by atoms with Crippen molar-refractivity contribution in [3.8, 4) is 6.01 Å². The average molecular weight is 545 g/mol. The maximum atomic E-state index is 12.2. The molecule has 0 saturated carbocycles. The highest BCUT2D eigenvalue weighted by Crippen LogP contribution is 2.38. The van der Waals surface area contributed by atoms with Crippen LogP contribution in [0.2, 0.25) is 0 Å². The van der Waals surface area contributed by atoms with Crippen molar-refractivity contribution in [1.29, 1.82) is 0 Å². The van der Waals surface area contributed by atoms with Crippen LogP contribution in [0.15, 0.2) is 31.0 Å². The molecule has 6 rings (SSSR count). The van der Waals surface area contributed by atoms with Crippen LogP contribution in [0.3, 0.4) is 0 Å². The summed E-state index contributed by atoms with van der Waals surface area (Å²) in [6.45, 7) is 14.1. The average Bonchev–Trinajstić information content (AvgIpc) is 3.63. The molecular formula is C30H40N8O2. The number of hydrogen-bond donors (Lipinski definition) is 1. The van der Waals surface area contributed by atoms with E-state index < -0.39 is 0 Å². The molecule has 0 unspecified atom stereocenters. The molecule has 1 aromatic carbocycles. The molecule has 10 heteroatoms. The van der Waals surface area contributed by atoms with Gasteiger partial charge < -0.3 is 24.3 Å². The van der Waals surface area contributed by atoms with Gasteiger partial charge in [0.2, 0.25) is 5.91 Å². The third kappa shape index (κ3) is 5.00. The van der Waals surface area contributed by atoms with E-state index in [4.69, 9.17) is 14.7 Å². The van der Waals surface area contributed by atoms with Crippen LogP contribution in [0.5, 0.6) is 6.01 Å². The third-order valence-corrected chi connectivity index (χ3v) is 8.73. The molecule has 0 aliphatic carbocycles. The monoisotopic (exact) mass is 544 g/mol. The number of likely N-dealkylation sites (N-methyl/N-ethyl adjacent to an activating group) is 1. The molecule has 2 saturated heterocycles. The van der Waals surface area contributed by atoms with Gasteiger partial charge in [0.05, 0.1) is 29.6 Å². The zero-order valence-electron chi connectivity index (χ0n) is 23.9. The Hall–Kier alpha value is -3.66. The fraction of sp³-hybridized carbons (Fsp3) is 0.533. The SMILES string of the molecule is C=CC(=O)N1CCN(c2nc(OC[C@@H]3CCCN3C)nc3c2CCN(c2c(C(C)C)ccc4[nH]ncc24)C3)CC1. The molecule has 3 aliphatic heterocycles. The molecule has 0 spiro atoms. The van der Waals surface area contributed by atoms with Crippen LogP contribution >= 0.6 is 0 Å². The second-order valence-corrected chi connectivity index (χ2v) is 11.5. The van der Waals surface area contributed by atoms with E-state index in [-0.39, 0.29) is 5.91 Å². The van der Waals surface area contributed by atoms with Gasteiger partial charge in [0.25, 0.3) is 0 Å². The summed E-state index contributed by atoms with van der Waals surface area (Å²) in [4.78, 5) is 31.1. The maximum Gasteiger partial charge on any atom is 0.318 e. The van der Waals surface area contributed by atoms with Crippen LogP contribution < -0.4 is 14.5 Å². The van der Waals surface area contributed by atoms with Crippen LogP contribution in [-0.4, -0.2) is 94.8 Å². The van der Waals surface area contributed by atoms with Gasteiger partial charge in [-0.25, -0.2) is 0 Å². The summed E-state index contributed by atoms with van der Waals surface area (Å²) < 4.78 is 6.29. The lowest BCUT2D eigenvalue weighted by atomic mass is 9.96. The van der Waals surface area contributed by atoms with Crippen molar-refractivity contribution < 1.29 is 9.53 Å². The second-order valence-electron chi connectivity index (χ2n) is 11.5. The number of fused-ring (bicyclic) bond motifs is 2. The number of nitrogens with zero attached hydrogens (tertiary/aromatic N) is 7. The maximum absolute atomic E-state index is 12.2. The highest BCUT2D eigenvalue weighted by atomic mass is 16.5. The highest BCUT2D eigenvalue weighted by Gasteiger charge is 2.30. The number of anilines is 2. The van der Waals surface area contributed by atoms with Gasteiger partial charge in [-0.1, -0.05) is 26.5 Å². The smallest absolute Gasteiger partial charge is 0.318 e. The standard InChI is InChI=1S/C30H40N8O2/c1-5-27(39)36-13-15-37(16-14-36)29-23-10-12-38(28-22(20(2)3)8-9-25-24(28)17-31-34-25)18-26(23)32-30(33-29)40-19-21-7-6-11-35(21)4/h5,8-9,17,20-21H,1,6-7,10-16,18-19H2,2-4H3,(H,31,34)/t21-/m0/s1. The fourth-order valence-corrected chi connectivity index (χ4v) is 6.37. The number of ether oxygens (including phenoxy) is 1. The Morgan fingerprint density at radius 3 is 2.70 bits per heavy atom. The lowest BCUT2D eigenvalue weighted by Gasteiger charge is -2.38. The number of aromatic nitrogens is 4. The molecule has 3 aromatic rings. The molecule has 2 fully saturated rings. The lowest BCUT2D eigenvalue weighted by molar-refractivity contribution is -0.126. The zero-order chi connectivity index (χ0) is 27.8. The molecule has 2 aromatic heterocycles. The molecule has 40 heavy (non-hydrogen) atoms. The van der Waals surface area contributed by atoms with Gasteiger partial charge in [-0.15, -0.1) is 0 Å². The lowest BCUT2D eigenvalue weighted by Crippen LogP contribution is -2.49. The minimum atomic E-state index is -0.0147. The van der Waals surface area contributed by atoms with E-state index in [9.17, 15) is 4.79 Å². The highest BCUT2D eigenvalue weighted by molar-refractivity contribution is 5.94. The van der Waals surface area contributed by atoms with Gasteiger partial charge in [-0.2, -0.15) is 15.1 Å². The summed E-state index contributed by atoms with van der Waals surface area (Å²) in [6, 6.07) is 5.19. The Kier molecular flexibility index (Phi) is 7.35. The van der Waals surface area contributed by atoms with Crippen molar-refractivity contribution in [3.63, 3.8) is 0 Å². The molecule has 5 heterocycles. The summed E-state index contributed by atoms with van der Waals surface area (Å²) in [6.07, 6.45) is 6.51. The van der Waals surface area contributed by atoms with E-state index in [1.165, 1.54) is 29.3 Å². The van der Waals surface area contributed by atoms with E-state index in [0.29, 0.717) is 44.2 Å². The Balaban J connectivity index is 1.33. The van der Waals surface area contributed by atoms with Crippen molar-refractivity contribution in [2.45, 2.75) is 51.6 Å². The summed E-state index contributed by atoms with van der Waals surface area (Å²) in [5.74, 6) is 1.32. The topological polar surface area (TPSA) is 93.7 Å². The van der Waals surface area contributed by atoms with E-state index in [1.807, 2.05) is 11.1 Å². The minimum absolute atomic E-state index is 0.0147. The first kappa shape index (κ1) is 26.6. The Morgan fingerprint density at radius 1 is 1.15 bits per heavy atom. The van der Waals surface area contributed by atoms with Crippen LogP contribution in [0.1, 0.15) is 49.4 Å². The van der Waals surface area contributed by atoms with Crippen LogP contribution in [0.4, 0.5) is 11.5 Å².